The Kier molecular flexibility index (Phi) is 5.59. The number of alkyl halides is 1. The monoisotopic (exact) mass is 314 g/mol. The Morgan fingerprint density at radius 2 is 2.17 bits per heavy atom. The van der Waals surface area contributed by atoms with Crippen molar-refractivity contribution in [3.63, 3.8) is 0 Å². The molecule has 0 saturated carbocycles. The number of nitro benzene ring substituents is 1. The highest BCUT2D eigenvalue weighted by atomic mass is 79.9. The average Bonchev–Trinajstić information content (AvgIpc) is 2.37. The van der Waals surface area contributed by atoms with Crippen molar-refractivity contribution in [2.45, 2.75) is 38.1 Å². The van der Waals surface area contributed by atoms with Crippen molar-refractivity contribution in [1.29, 1.82) is 0 Å². The van der Waals surface area contributed by atoms with Gasteiger partial charge in [-0.2, -0.15) is 0 Å². The van der Waals surface area contributed by atoms with Crippen LogP contribution in [-0.4, -0.2) is 18.0 Å². The topological polar surface area (TPSA) is 46.4 Å². The lowest BCUT2D eigenvalue weighted by molar-refractivity contribution is -0.385. The van der Waals surface area contributed by atoms with Gasteiger partial charge in [0, 0.05) is 35.7 Å². The highest BCUT2D eigenvalue weighted by molar-refractivity contribution is 9.08. The van der Waals surface area contributed by atoms with E-state index >= 15 is 0 Å². The lowest BCUT2D eigenvalue weighted by Crippen LogP contribution is -2.28. The Morgan fingerprint density at radius 3 is 2.67 bits per heavy atom. The fraction of sp³-hybridized carbons (Fsp3) is 0.538. The van der Waals surface area contributed by atoms with Crippen molar-refractivity contribution in [2.24, 2.45) is 0 Å². The fourth-order valence-electron chi connectivity index (χ4n) is 1.94. The number of rotatable bonds is 6. The molecule has 0 aliphatic carbocycles. The van der Waals surface area contributed by atoms with E-state index in [1.807, 2.05) is 19.2 Å². The zero-order valence-electron chi connectivity index (χ0n) is 11.0. The molecular weight excluding hydrogens is 296 g/mol. The maximum Gasteiger partial charge on any atom is 0.273 e. The van der Waals surface area contributed by atoms with Gasteiger partial charge in [0.1, 0.15) is 0 Å². The van der Waals surface area contributed by atoms with Gasteiger partial charge in [-0.15, -0.1) is 0 Å². The van der Waals surface area contributed by atoms with Crippen LogP contribution in [0, 0.1) is 10.1 Å². The molecule has 1 aromatic rings. The Labute approximate surface area is 116 Å². The Bertz CT molecular complexity index is 423. The first-order valence-electron chi connectivity index (χ1n) is 6.07. The molecule has 1 aromatic carbocycles. The SMILES string of the molecule is CCCC(C)N(C)c1ccc([N+](=O)[O-])c(CBr)c1. The van der Waals surface area contributed by atoms with E-state index in [-0.39, 0.29) is 10.6 Å². The largest absolute Gasteiger partial charge is 0.372 e. The van der Waals surface area contributed by atoms with Gasteiger partial charge >= 0.3 is 0 Å². The molecule has 4 nitrogen and oxygen atoms in total. The summed E-state index contributed by atoms with van der Waals surface area (Å²) < 4.78 is 0. The quantitative estimate of drug-likeness (QED) is 0.451. The normalized spacial score (nSPS) is 12.2. The maximum absolute atomic E-state index is 10.9. The van der Waals surface area contributed by atoms with E-state index in [2.05, 4.69) is 34.7 Å². The molecule has 0 amide bonds. The minimum Gasteiger partial charge on any atom is -0.372 e. The summed E-state index contributed by atoms with van der Waals surface area (Å²) in [6, 6.07) is 5.72. The van der Waals surface area contributed by atoms with Crippen LogP contribution in [0.1, 0.15) is 32.3 Å². The molecule has 0 bridgehead atoms. The molecule has 1 unspecified atom stereocenters. The molecule has 0 fully saturated rings. The molecule has 5 heteroatoms. The van der Waals surface area contributed by atoms with Gasteiger partial charge in [-0.1, -0.05) is 29.3 Å². The van der Waals surface area contributed by atoms with Crippen molar-refractivity contribution < 1.29 is 4.92 Å². The standard InChI is InChI=1S/C13H19BrN2O2/c1-4-5-10(2)15(3)12-6-7-13(16(17)18)11(8-12)9-14/h6-8,10H,4-5,9H2,1-3H3. The number of benzene rings is 1. The van der Waals surface area contributed by atoms with Gasteiger partial charge in [0.25, 0.3) is 5.69 Å². The summed E-state index contributed by atoms with van der Waals surface area (Å²) in [6.45, 7) is 4.32. The molecule has 0 aliphatic rings. The van der Waals surface area contributed by atoms with Crippen LogP contribution in [0.2, 0.25) is 0 Å². The summed E-state index contributed by atoms with van der Waals surface area (Å²) in [5, 5.41) is 11.4. The fourth-order valence-corrected chi connectivity index (χ4v) is 2.39. The molecule has 0 saturated heterocycles. The number of nitrogens with zero attached hydrogens (tertiary/aromatic N) is 2. The summed E-state index contributed by atoms with van der Waals surface area (Å²) in [7, 11) is 2.03. The number of hydrogen-bond acceptors (Lipinski definition) is 3. The zero-order valence-corrected chi connectivity index (χ0v) is 12.6. The Morgan fingerprint density at radius 1 is 1.50 bits per heavy atom. The third kappa shape index (κ3) is 3.45. The van der Waals surface area contributed by atoms with Crippen LogP contribution >= 0.6 is 15.9 Å². The molecule has 0 radical (unpaired) electrons. The van der Waals surface area contributed by atoms with Gasteiger partial charge in [0.05, 0.1) is 4.92 Å². The van der Waals surface area contributed by atoms with Gasteiger partial charge in [-0.05, 0) is 25.5 Å². The predicted octanol–water partition coefficient (Wildman–Crippen LogP) is 4.11. The number of anilines is 1. The molecule has 18 heavy (non-hydrogen) atoms. The first-order chi connectivity index (χ1) is 8.51. The molecule has 1 rings (SSSR count). The van der Waals surface area contributed by atoms with Crippen LogP contribution in [0.15, 0.2) is 18.2 Å². The third-order valence-electron chi connectivity index (χ3n) is 3.18. The highest BCUT2D eigenvalue weighted by Gasteiger charge is 2.16. The molecule has 0 aromatic heterocycles. The van der Waals surface area contributed by atoms with Crippen molar-refractivity contribution in [2.75, 3.05) is 11.9 Å². The van der Waals surface area contributed by atoms with Crippen LogP contribution in [-0.2, 0) is 5.33 Å². The van der Waals surface area contributed by atoms with Gasteiger partial charge in [-0.3, -0.25) is 10.1 Å². The molecule has 0 aliphatic heterocycles. The van der Waals surface area contributed by atoms with E-state index < -0.39 is 0 Å². The summed E-state index contributed by atoms with van der Waals surface area (Å²) in [4.78, 5) is 12.7. The lowest BCUT2D eigenvalue weighted by Gasteiger charge is -2.27. The van der Waals surface area contributed by atoms with E-state index in [1.54, 1.807) is 6.07 Å². The van der Waals surface area contributed by atoms with Gasteiger partial charge < -0.3 is 4.90 Å². The van der Waals surface area contributed by atoms with Crippen molar-refractivity contribution in [3.8, 4) is 0 Å². The molecule has 1 atom stereocenters. The van der Waals surface area contributed by atoms with E-state index in [1.165, 1.54) is 0 Å². The predicted molar refractivity (Wildman–Crippen MR) is 78.5 cm³/mol. The van der Waals surface area contributed by atoms with E-state index in [0.29, 0.717) is 16.9 Å². The van der Waals surface area contributed by atoms with Gasteiger partial charge in [0.2, 0.25) is 0 Å². The summed E-state index contributed by atoms with van der Waals surface area (Å²) in [6.07, 6.45) is 2.24. The third-order valence-corrected chi connectivity index (χ3v) is 3.78. The summed E-state index contributed by atoms with van der Waals surface area (Å²) >= 11 is 3.30. The van der Waals surface area contributed by atoms with Gasteiger partial charge in [-0.25, -0.2) is 0 Å². The summed E-state index contributed by atoms with van der Waals surface area (Å²) in [5.74, 6) is 0. The Hall–Kier alpha value is -1.10. The van der Waals surface area contributed by atoms with Crippen molar-refractivity contribution >= 4 is 27.3 Å². The number of nitro groups is 1. The first kappa shape index (κ1) is 15.0. The van der Waals surface area contributed by atoms with Crippen LogP contribution in [0.4, 0.5) is 11.4 Å². The minimum absolute atomic E-state index is 0.173. The maximum atomic E-state index is 10.9. The molecule has 0 spiro atoms. The average molecular weight is 315 g/mol. The smallest absolute Gasteiger partial charge is 0.273 e. The molecular formula is C13H19BrN2O2. The molecule has 0 heterocycles. The van der Waals surface area contributed by atoms with E-state index in [0.717, 1.165) is 18.5 Å². The molecule has 0 N–H and O–H groups in total. The zero-order chi connectivity index (χ0) is 13.7. The van der Waals surface area contributed by atoms with Crippen LogP contribution in [0.5, 0.6) is 0 Å². The lowest BCUT2D eigenvalue weighted by atomic mass is 10.1. The number of hydrogen-bond donors (Lipinski definition) is 0. The van der Waals surface area contributed by atoms with Crippen molar-refractivity contribution in [1.82, 2.24) is 0 Å². The highest BCUT2D eigenvalue weighted by Crippen LogP contribution is 2.27. The van der Waals surface area contributed by atoms with Crippen molar-refractivity contribution in [3.05, 3.63) is 33.9 Å². The minimum atomic E-state index is -0.337. The number of halogens is 1. The molecule has 100 valence electrons. The second kappa shape index (κ2) is 6.73. The van der Waals surface area contributed by atoms with E-state index in [4.69, 9.17) is 0 Å². The first-order valence-corrected chi connectivity index (χ1v) is 7.19. The second-order valence-electron chi connectivity index (χ2n) is 4.45. The van der Waals surface area contributed by atoms with E-state index in [9.17, 15) is 10.1 Å². The van der Waals surface area contributed by atoms with Crippen LogP contribution in [0.25, 0.3) is 0 Å². The van der Waals surface area contributed by atoms with Crippen LogP contribution < -0.4 is 4.90 Å². The van der Waals surface area contributed by atoms with Crippen LogP contribution in [0.3, 0.4) is 0 Å². The Balaban J connectivity index is 3.01. The second-order valence-corrected chi connectivity index (χ2v) is 5.01. The summed E-state index contributed by atoms with van der Waals surface area (Å²) in [5.41, 5.74) is 1.91. The van der Waals surface area contributed by atoms with Gasteiger partial charge in [0.15, 0.2) is 0 Å².